The van der Waals surface area contributed by atoms with Gasteiger partial charge in [-0.2, -0.15) is 0 Å². The molecule has 0 bridgehead atoms. The molecule has 2 aliphatic rings. The van der Waals surface area contributed by atoms with E-state index in [2.05, 4.69) is 15.6 Å². The maximum atomic E-state index is 13.3. The summed E-state index contributed by atoms with van der Waals surface area (Å²) >= 11 is 0. The number of imidazole rings is 2. The minimum atomic E-state index is -0.448. The number of aryl methyl sites for hydroxylation is 1. The van der Waals surface area contributed by atoms with Crippen LogP contribution < -0.4 is 5.69 Å². The van der Waals surface area contributed by atoms with Crippen molar-refractivity contribution < 1.29 is 5.11 Å². The minimum Gasteiger partial charge on any atom is -0.390 e. The second kappa shape index (κ2) is 6.54. The molecule has 154 valence electrons. The van der Waals surface area contributed by atoms with Gasteiger partial charge in [0.05, 0.1) is 40.4 Å². The van der Waals surface area contributed by atoms with Crippen molar-refractivity contribution in [3.8, 4) is 0 Å². The normalized spacial score (nSPS) is 17.8. The molecule has 1 aromatic carbocycles. The number of benzene rings is 1. The predicted molar refractivity (Wildman–Crippen MR) is 115 cm³/mol. The van der Waals surface area contributed by atoms with E-state index in [-0.39, 0.29) is 5.69 Å². The molecule has 2 saturated carbocycles. The van der Waals surface area contributed by atoms with Gasteiger partial charge in [0.25, 0.3) is 0 Å². The number of nitrogens with zero attached hydrogens (tertiary/aromatic N) is 5. The molecule has 7 heteroatoms. The van der Waals surface area contributed by atoms with E-state index in [1.54, 1.807) is 12.4 Å². The SMILES string of the molecule is O=c1n(Cc2nc3ccccc3n2CCCC2(O)CC2)c2cnccc2n1C1CC1. The van der Waals surface area contributed by atoms with E-state index in [1.807, 2.05) is 33.4 Å². The average molecular weight is 403 g/mol. The second-order valence-electron chi connectivity index (χ2n) is 8.83. The average Bonchev–Trinajstić information content (AvgIpc) is 3.67. The number of fused-ring (bicyclic) bond motifs is 2. The summed E-state index contributed by atoms with van der Waals surface area (Å²) in [6.07, 6.45) is 9.18. The highest BCUT2D eigenvalue weighted by atomic mass is 16.3. The van der Waals surface area contributed by atoms with Crippen molar-refractivity contribution in [1.82, 2.24) is 23.7 Å². The summed E-state index contributed by atoms with van der Waals surface area (Å²) in [4.78, 5) is 22.4. The van der Waals surface area contributed by atoms with E-state index < -0.39 is 5.60 Å². The number of hydrogen-bond acceptors (Lipinski definition) is 4. The maximum Gasteiger partial charge on any atom is 0.329 e. The van der Waals surface area contributed by atoms with Crippen LogP contribution in [0, 0.1) is 0 Å². The largest absolute Gasteiger partial charge is 0.390 e. The Morgan fingerprint density at radius 3 is 2.70 bits per heavy atom. The van der Waals surface area contributed by atoms with Crippen LogP contribution >= 0.6 is 0 Å². The van der Waals surface area contributed by atoms with Crippen molar-refractivity contribution >= 4 is 22.1 Å². The van der Waals surface area contributed by atoms with Gasteiger partial charge in [-0.3, -0.25) is 14.1 Å². The van der Waals surface area contributed by atoms with Gasteiger partial charge in [-0.25, -0.2) is 9.78 Å². The van der Waals surface area contributed by atoms with Crippen LogP contribution in [0.15, 0.2) is 47.5 Å². The van der Waals surface area contributed by atoms with Crippen LogP contribution in [0.5, 0.6) is 0 Å². The molecule has 0 spiro atoms. The summed E-state index contributed by atoms with van der Waals surface area (Å²) in [6.45, 7) is 1.20. The molecule has 0 unspecified atom stereocenters. The molecule has 0 saturated heterocycles. The molecular weight excluding hydrogens is 378 g/mol. The van der Waals surface area contributed by atoms with Gasteiger partial charge >= 0.3 is 5.69 Å². The van der Waals surface area contributed by atoms with E-state index in [1.165, 1.54) is 0 Å². The number of aromatic nitrogens is 5. The van der Waals surface area contributed by atoms with Crippen molar-refractivity contribution in [3.05, 3.63) is 59.0 Å². The van der Waals surface area contributed by atoms with Gasteiger partial charge in [0, 0.05) is 18.8 Å². The van der Waals surface area contributed by atoms with Crippen LogP contribution in [0.3, 0.4) is 0 Å². The Bertz CT molecular complexity index is 1310. The van der Waals surface area contributed by atoms with Crippen molar-refractivity contribution in [3.63, 3.8) is 0 Å². The summed E-state index contributed by atoms with van der Waals surface area (Å²) in [5, 5.41) is 10.2. The molecule has 6 rings (SSSR count). The van der Waals surface area contributed by atoms with Gasteiger partial charge < -0.3 is 9.67 Å². The summed E-state index contributed by atoms with van der Waals surface area (Å²) < 4.78 is 5.95. The Morgan fingerprint density at radius 2 is 1.90 bits per heavy atom. The Balaban J connectivity index is 1.41. The van der Waals surface area contributed by atoms with Gasteiger partial charge in [-0.15, -0.1) is 0 Å². The second-order valence-corrected chi connectivity index (χ2v) is 8.83. The summed E-state index contributed by atoms with van der Waals surface area (Å²) in [7, 11) is 0. The first kappa shape index (κ1) is 17.9. The molecular formula is C23H25N5O2. The first-order valence-corrected chi connectivity index (χ1v) is 10.8. The van der Waals surface area contributed by atoms with Crippen LogP contribution in [-0.2, 0) is 13.1 Å². The standard InChI is InChI=1S/C23H25N5O2/c29-22-27(20-14-24-12-8-19(20)28(22)16-6-7-16)15-21-25-17-4-1-2-5-18(17)26(21)13-3-9-23(30)10-11-23/h1-2,4-5,8,12,14,16,30H,3,6-7,9-11,13,15H2. The Hall–Kier alpha value is -2.93. The van der Waals surface area contributed by atoms with Crippen molar-refractivity contribution in [2.45, 2.75) is 63.3 Å². The minimum absolute atomic E-state index is 0.0198. The number of aliphatic hydroxyl groups is 1. The quantitative estimate of drug-likeness (QED) is 0.514. The lowest BCUT2D eigenvalue weighted by molar-refractivity contribution is 0.135. The molecule has 3 heterocycles. The topological polar surface area (TPSA) is 77.9 Å². The summed E-state index contributed by atoms with van der Waals surface area (Å²) in [6, 6.07) is 10.3. The van der Waals surface area contributed by atoms with Crippen LogP contribution in [0.2, 0.25) is 0 Å². The molecule has 4 aromatic rings. The van der Waals surface area contributed by atoms with Gasteiger partial charge in [0.2, 0.25) is 0 Å². The third-order valence-electron chi connectivity index (χ3n) is 6.56. The molecule has 0 amide bonds. The monoisotopic (exact) mass is 403 g/mol. The van der Waals surface area contributed by atoms with E-state index >= 15 is 0 Å². The first-order chi connectivity index (χ1) is 14.6. The highest BCUT2D eigenvalue weighted by Crippen LogP contribution is 2.39. The van der Waals surface area contributed by atoms with Crippen LogP contribution in [0.4, 0.5) is 0 Å². The maximum absolute atomic E-state index is 13.3. The van der Waals surface area contributed by atoms with Crippen LogP contribution in [-0.4, -0.2) is 34.4 Å². The third kappa shape index (κ3) is 2.96. The number of pyridine rings is 1. The zero-order valence-electron chi connectivity index (χ0n) is 16.9. The van der Waals surface area contributed by atoms with Gasteiger partial charge in [-0.05, 0) is 56.7 Å². The lowest BCUT2D eigenvalue weighted by Gasteiger charge is -2.12. The van der Waals surface area contributed by atoms with E-state index in [4.69, 9.17) is 4.98 Å². The van der Waals surface area contributed by atoms with Gasteiger partial charge in [0.15, 0.2) is 0 Å². The van der Waals surface area contributed by atoms with Crippen LogP contribution in [0.25, 0.3) is 22.1 Å². The number of hydrogen-bond donors (Lipinski definition) is 1. The fourth-order valence-electron chi connectivity index (χ4n) is 4.56. The molecule has 0 atom stereocenters. The number of para-hydroxylation sites is 2. The highest BCUT2D eigenvalue weighted by Gasteiger charge is 2.39. The molecule has 0 radical (unpaired) electrons. The molecule has 7 nitrogen and oxygen atoms in total. The van der Waals surface area contributed by atoms with E-state index in [9.17, 15) is 9.90 Å². The number of rotatable bonds is 7. The van der Waals surface area contributed by atoms with Crippen molar-refractivity contribution in [2.75, 3.05) is 0 Å². The van der Waals surface area contributed by atoms with Gasteiger partial charge in [-0.1, -0.05) is 12.1 Å². The summed E-state index contributed by atoms with van der Waals surface area (Å²) in [5.41, 5.74) is 3.40. The predicted octanol–water partition coefficient (Wildman–Crippen LogP) is 3.24. The van der Waals surface area contributed by atoms with E-state index in [0.29, 0.717) is 12.6 Å². The first-order valence-electron chi connectivity index (χ1n) is 10.8. The molecule has 30 heavy (non-hydrogen) atoms. The fourth-order valence-corrected chi connectivity index (χ4v) is 4.56. The lowest BCUT2D eigenvalue weighted by atomic mass is 10.2. The molecule has 2 fully saturated rings. The zero-order chi connectivity index (χ0) is 20.3. The smallest absolute Gasteiger partial charge is 0.329 e. The van der Waals surface area contributed by atoms with Crippen molar-refractivity contribution in [2.24, 2.45) is 0 Å². The molecule has 2 aliphatic carbocycles. The van der Waals surface area contributed by atoms with E-state index in [0.717, 1.165) is 73.0 Å². The Morgan fingerprint density at radius 1 is 1.07 bits per heavy atom. The summed E-state index contributed by atoms with van der Waals surface area (Å²) in [5.74, 6) is 0.875. The molecule has 3 aromatic heterocycles. The Kier molecular flexibility index (Phi) is 3.90. The lowest BCUT2D eigenvalue weighted by Crippen LogP contribution is -2.25. The molecule has 0 aliphatic heterocycles. The third-order valence-corrected chi connectivity index (χ3v) is 6.56. The van der Waals surface area contributed by atoms with Crippen LogP contribution in [0.1, 0.15) is 50.4 Å². The van der Waals surface area contributed by atoms with Crippen molar-refractivity contribution in [1.29, 1.82) is 0 Å². The molecule has 1 N–H and O–H groups in total. The highest BCUT2D eigenvalue weighted by molar-refractivity contribution is 5.77. The Labute approximate surface area is 173 Å². The van der Waals surface area contributed by atoms with Gasteiger partial charge in [0.1, 0.15) is 5.82 Å². The fraction of sp³-hybridized carbons (Fsp3) is 0.435. The zero-order valence-corrected chi connectivity index (χ0v) is 16.9.